The molecule has 0 spiro atoms. The van der Waals surface area contributed by atoms with Gasteiger partial charge in [-0.25, -0.2) is 0 Å². The average Bonchev–Trinajstić information content (AvgIpc) is 3.16. The van der Waals surface area contributed by atoms with E-state index in [0.717, 1.165) is 23.9 Å². The van der Waals surface area contributed by atoms with Crippen LogP contribution in [0.25, 0.3) is 10.9 Å². The fourth-order valence-electron chi connectivity index (χ4n) is 3.59. The van der Waals surface area contributed by atoms with E-state index in [0.29, 0.717) is 12.2 Å². The Hall–Kier alpha value is -3.19. The van der Waals surface area contributed by atoms with Gasteiger partial charge in [0.15, 0.2) is 5.69 Å². The summed E-state index contributed by atoms with van der Waals surface area (Å²) in [6.07, 6.45) is 1.23. The number of aromatic nitrogens is 2. The van der Waals surface area contributed by atoms with E-state index in [1.54, 1.807) is 0 Å². The lowest BCUT2D eigenvalue weighted by atomic mass is 9.94. The number of amides is 2. The Kier molecular flexibility index (Phi) is 5.34. The highest BCUT2D eigenvalue weighted by Crippen LogP contribution is 2.21. The third kappa shape index (κ3) is 3.89. The monoisotopic (exact) mass is 377 g/mol. The molecule has 0 aliphatic carbocycles. The second-order valence-corrected chi connectivity index (χ2v) is 6.88. The molecule has 0 fully saturated rings. The predicted octanol–water partition coefficient (Wildman–Crippen LogP) is 1.69. The Labute approximate surface area is 162 Å². The molecule has 4 N–H and O–H groups in total. The van der Waals surface area contributed by atoms with Gasteiger partial charge in [-0.1, -0.05) is 42.5 Å². The molecule has 0 saturated carbocycles. The molecule has 1 atom stereocenters. The molecule has 0 saturated heterocycles. The normalized spacial score (nSPS) is 15.8. The van der Waals surface area contributed by atoms with E-state index in [2.05, 4.69) is 38.3 Å². The molecule has 144 valence electrons. The minimum Gasteiger partial charge on any atom is -0.354 e. The van der Waals surface area contributed by atoms with Gasteiger partial charge in [0.25, 0.3) is 5.91 Å². The number of hydrogen-bond acceptors (Lipinski definition) is 4. The SMILES string of the molecule is O=C(CCNC(=O)c1n[nH]c2ccccc12)NCC1NCCc2ccccc21. The summed E-state index contributed by atoms with van der Waals surface area (Å²) in [6, 6.07) is 15.9. The first-order chi connectivity index (χ1) is 13.7. The van der Waals surface area contributed by atoms with Crippen molar-refractivity contribution in [3.8, 4) is 0 Å². The molecule has 7 nitrogen and oxygen atoms in total. The lowest BCUT2D eigenvalue weighted by molar-refractivity contribution is -0.121. The van der Waals surface area contributed by atoms with E-state index in [1.807, 2.05) is 36.4 Å². The molecule has 2 aromatic carbocycles. The zero-order valence-electron chi connectivity index (χ0n) is 15.5. The zero-order valence-corrected chi connectivity index (χ0v) is 15.5. The number of carbonyl (C=O) groups is 2. The van der Waals surface area contributed by atoms with Crippen molar-refractivity contribution in [2.24, 2.45) is 0 Å². The molecule has 1 unspecified atom stereocenters. The smallest absolute Gasteiger partial charge is 0.272 e. The number of H-pyrrole nitrogens is 1. The van der Waals surface area contributed by atoms with Crippen LogP contribution in [0.2, 0.25) is 0 Å². The van der Waals surface area contributed by atoms with Crippen molar-refractivity contribution in [2.45, 2.75) is 18.9 Å². The van der Waals surface area contributed by atoms with Crippen molar-refractivity contribution in [2.75, 3.05) is 19.6 Å². The topological polar surface area (TPSA) is 98.9 Å². The number of carbonyl (C=O) groups excluding carboxylic acids is 2. The maximum Gasteiger partial charge on any atom is 0.272 e. The van der Waals surface area contributed by atoms with Crippen LogP contribution in [0.1, 0.15) is 34.1 Å². The molecular formula is C21H23N5O2. The summed E-state index contributed by atoms with van der Waals surface area (Å²) >= 11 is 0. The lowest BCUT2D eigenvalue weighted by Crippen LogP contribution is -2.39. The van der Waals surface area contributed by atoms with Gasteiger partial charge >= 0.3 is 0 Å². The fraction of sp³-hybridized carbons (Fsp3) is 0.286. The summed E-state index contributed by atoms with van der Waals surface area (Å²) < 4.78 is 0. The molecule has 1 aliphatic rings. The number of nitrogens with zero attached hydrogens (tertiary/aromatic N) is 1. The van der Waals surface area contributed by atoms with Crippen molar-refractivity contribution in [3.63, 3.8) is 0 Å². The van der Waals surface area contributed by atoms with Crippen LogP contribution in [0, 0.1) is 0 Å². The van der Waals surface area contributed by atoms with Crippen LogP contribution in [0.4, 0.5) is 0 Å². The number of aromatic amines is 1. The Morgan fingerprint density at radius 2 is 1.89 bits per heavy atom. The number of para-hydroxylation sites is 1. The van der Waals surface area contributed by atoms with Crippen LogP contribution in [0.15, 0.2) is 48.5 Å². The third-order valence-corrected chi connectivity index (χ3v) is 5.04. The van der Waals surface area contributed by atoms with Gasteiger partial charge in [-0.05, 0) is 30.2 Å². The Bertz CT molecular complexity index is 997. The Morgan fingerprint density at radius 1 is 1.07 bits per heavy atom. The third-order valence-electron chi connectivity index (χ3n) is 5.04. The van der Waals surface area contributed by atoms with E-state index in [9.17, 15) is 9.59 Å². The van der Waals surface area contributed by atoms with Crippen LogP contribution in [0.3, 0.4) is 0 Å². The molecule has 0 bridgehead atoms. The molecule has 4 rings (SSSR count). The van der Waals surface area contributed by atoms with Crippen molar-refractivity contribution in [1.29, 1.82) is 0 Å². The number of benzene rings is 2. The van der Waals surface area contributed by atoms with Crippen molar-refractivity contribution in [3.05, 3.63) is 65.4 Å². The van der Waals surface area contributed by atoms with Crippen LogP contribution in [-0.4, -0.2) is 41.6 Å². The van der Waals surface area contributed by atoms with Gasteiger partial charge in [0, 0.05) is 30.9 Å². The first-order valence-electron chi connectivity index (χ1n) is 9.51. The zero-order chi connectivity index (χ0) is 19.3. The van der Waals surface area contributed by atoms with Gasteiger partial charge in [-0.3, -0.25) is 14.7 Å². The molecule has 2 amide bonds. The molecule has 2 heterocycles. The van der Waals surface area contributed by atoms with E-state index in [4.69, 9.17) is 0 Å². The summed E-state index contributed by atoms with van der Waals surface area (Å²) in [5, 5.41) is 16.8. The van der Waals surface area contributed by atoms with Crippen LogP contribution < -0.4 is 16.0 Å². The summed E-state index contributed by atoms with van der Waals surface area (Å²) in [5.41, 5.74) is 3.73. The lowest BCUT2D eigenvalue weighted by Gasteiger charge is -2.27. The number of fused-ring (bicyclic) bond motifs is 2. The number of nitrogens with one attached hydrogen (secondary N) is 4. The van der Waals surface area contributed by atoms with E-state index in [1.165, 1.54) is 11.1 Å². The maximum atomic E-state index is 12.3. The standard InChI is InChI=1S/C21H23N5O2/c27-19(24-13-18-15-6-2-1-5-14(15)9-11-22-18)10-12-23-21(28)20-16-7-3-4-8-17(16)25-26-20/h1-8,18,22H,9-13H2,(H,23,28)(H,24,27)(H,25,26). The van der Waals surface area contributed by atoms with Crippen molar-refractivity contribution < 1.29 is 9.59 Å². The number of rotatable bonds is 6. The van der Waals surface area contributed by atoms with E-state index < -0.39 is 0 Å². The molecule has 0 radical (unpaired) electrons. The van der Waals surface area contributed by atoms with E-state index in [-0.39, 0.29) is 30.8 Å². The van der Waals surface area contributed by atoms with Crippen LogP contribution in [0.5, 0.6) is 0 Å². The minimum atomic E-state index is -0.284. The average molecular weight is 377 g/mol. The van der Waals surface area contributed by atoms with Gasteiger partial charge in [0.2, 0.25) is 5.91 Å². The predicted molar refractivity (Wildman–Crippen MR) is 107 cm³/mol. The molecule has 3 aromatic rings. The molecule has 7 heteroatoms. The first-order valence-corrected chi connectivity index (χ1v) is 9.51. The maximum absolute atomic E-state index is 12.3. The summed E-state index contributed by atoms with van der Waals surface area (Å²) in [6.45, 7) is 1.71. The first kappa shape index (κ1) is 18.2. The highest BCUT2D eigenvalue weighted by Gasteiger charge is 2.19. The van der Waals surface area contributed by atoms with Gasteiger partial charge in [-0.15, -0.1) is 0 Å². The molecular weight excluding hydrogens is 354 g/mol. The molecule has 1 aromatic heterocycles. The second kappa shape index (κ2) is 8.22. The highest BCUT2D eigenvalue weighted by molar-refractivity contribution is 6.04. The van der Waals surface area contributed by atoms with Crippen molar-refractivity contribution >= 4 is 22.7 Å². The van der Waals surface area contributed by atoms with Crippen molar-refractivity contribution in [1.82, 2.24) is 26.1 Å². The molecule has 1 aliphatic heterocycles. The summed E-state index contributed by atoms with van der Waals surface area (Å²) in [5.74, 6) is -0.370. The fourth-order valence-corrected chi connectivity index (χ4v) is 3.59. The van der Waals surface area contributed by atoms with E-state index >= 15 is 0 Å². The quantitative estimate of drug-likeness (QED) is 0.525. The second-order valence-electron chi connectivity index (χ2n) is 6.88. The Morgan fingerprint density at radius 3 is 2.82 bits per heavy atom. The minimum absolute atomic E-state index is 0.0861. The van der Waals surface area contributed by atoms with Crippen LogP contribution >= 0.6 is 0 Å². The van der Waals surface area contributed by atoms with Gasteiger partial charge in [0.05, 0.1) is 5.52 Å². The number of hydrogen-bond donors (Lipinski definition) is 4. The van der Waals surface area contributed by atoms with Gasteiger partial charge < -0.3 is 16.0 Å². The highest BCUT2D eigenvalue weighted by atomic mass is 16.2. The largest absolute Gasteiger partial charge is 0.354 e. The molecule has 28 heavy (non-hydrogen) atoms. The Balaban J connectivity index is 1.25. The van der Waals surface area contributed by atoms with Crippen LogP contribution in [-0.2, 0) is 11.2 Å². The van der Waals surface area contributed by atoms with Gasteiger partial charge in [-0.2, -0.15) is 5.10 Å². The summed E-state index contributed by atoms with van der Waals surface area (Å²) in [7, 11) is 0. The summed E-state index contributed by atoms with van der Waals surface area (Å²) in [4.78, 5) is 24.5. The van der Waals surface area contributed by atoms with Gasteiger partial charge in [0.1, 0.15) is 0 Å².